The van der Waals surface area contributed by atoms with Crippen LogP contribution in [0.3, 0.4) is 0 Å². The molecule has 0 aromatic carbocycles. The van der Waals surface area contributed by atoms with Gasteiger partial charge in [0.1, 0.15) is 0 Å². The van der Waals surface area contributed by atoms with E-state index in [2.05, 4.69) is 23.1 Å². The zero-order chi connectivity index (χ0) is 11.0. The van der Waals surface area contributed by atoms with Gasteiger partial charge in [-0.3, -0.25) is 4.68 Å². The van der Waals surface area contributed by atoms with Crippen LogP contribution in [0.1, 0.15) is 17.8 Å². The first kappa shape index (κ1) is 10.6. The topological polar surface area (TPSA) is 47.1 Å². The third-order valence-corrected chi connectivity index (χ3v) is 3.39. The normalized spacial score (nSPS) is 27.5. The molecule has 1 fully saturated rings. The molecule has 4 nitrogen and oxygen atoms in total. The van der Waals surface area contributed by atoms with Crippen molar-refractivity contribution >= 4 is 0 Å². The molecule has 0 bridgehead atoms. The van der Waals surface area contributed by atoms with Crippen molar-refractivity contribution in [1.82, 2.24) is 14.7 Å². The first-order valence-electron chi connectivity index (χ1n) is 5.53. The fourth-order valence-electron chi connectivity index (χ4n) is 2.41. The molecular weight excluding hydrogens is 188 g/mol. The lowest BCUT2D eigenvalue weighted by molar-refractivity contribution is 0.292. The zero-order valence-electron chi connectivity index (χ0n) is 9.77. The number of nitrogens with two attached hydrogens (primary N) is 1. The first-order valence-corrected chi connectivity index (χ1v) is 5.53. The molecule has 1 saturated heterocycles. The number of aromatic nitrogens is 2. The van der Waals surface area contributed by atoms with Gasteiger partial charge in [0.25, 0.3) is 0 Å². The highest BCUT2D eigenvalue weighted by Gasteiger charge is 2.29. The van der Waals surface area contributed by atoms with Crippen LogP contribution in [-0.2, 0) is 13.5 Å². The SMILES string of the molecule is Cc1cc(CC2C(N)CCN2C)n(C)n1. The summed E-state index contributed by atoms with van der Waals surface area (Å²) in [6, 6.07) is 2.93. The zero-order valence-corrected chi connectivity index (χ0v) is 9.77. The molecule has 2 rings (SSSR count). The highest BCUT2D eigenvalue weighted by molar-refractivity contribution is 5.11. The Morgan fingerprint density at radius 1 is 1.53 bits per heavy atom. The van der Waals surface area contributed by atoms with E-state index < -0.39 is 0 Å². The predicted octanol–water partition coefficient (Wildman–Crippen LogP) is 0.302. The fourth-order valence-corrected chi connectivity index (χ4v) is 2.41. The van der Waals surface area contributed by atoms with E-state index in [0.717, 1.165) is 25.1 Å². The monoisotopic (exact) mass is 208 g/mol. The van der Waals surface area contributed by atoms with Gasteiger partial charge in [-0.1, -0.05) is 0 Å². The van der Waals surface area contributed by atoms with E-state index in [9.17, 15) is 0 Å². The molecule has 84 valence electrons. The minimum absolute atomic E-state index is 0.310. The second-order valence-corrected chi connectivity index (χ2v) is 4.61. The number of hydrogen-bond acceptors (Lipinski definition) is 3. The number of likely N-dealkylation sites (N-methyl/N-ethyl adjacent to an activating group) is 1. The molecule has 0 saturated carbocycles. The van der Waals surface area contributed by atoms with E-state index in [4.69, 9.17) is 5.73 Å². The molecule has 0 spiro atoms. The van der Waals surface area contributed by atoms with Gasteiger partial charge in [-0.25, -0.2) is 0 Å². The number of hydrogen-bond donors (Lipinski definition) is 1. The molecular formula is C11H20N4. The molecule has 2 N–H and O–H groups in total. The average molecular weight is 208 g/mol. The lowest BCUT2D eigenvalue weighted by Gasteiger charge is -2.22. The molecule has 1 aromatic heterocycles. The summed E-state index contributed by atoms with van der Waals surface area (Å²) in [6.07, 6.45) is 2.12. The van der Waals surface area contributed by atoms with Crippen molar-refractivity contribution in [2.75, 3.05) is 13.6 Å². The third kappa shape index (κ3) is 2.06. The summed E-state index contributed by atoms with van der Waals surface area (Å²) in [5.74, 6) is 0. The van der Waals surface area contributed by atoms with Crippen LogP contribution in [-0.4, -0.2) is 40.4 Å². The van der Waals surface area contributed by atoms with E-state index in [1.165, 1.54) is 5.69 Å². The van der Waals surface area contributed by atoms with Gasteiger partial charge in [0, 0.05) is 31.2 Å². The van der Waals surface area contributed by atoms with E-state index in [1.54, 1.807) is 0 Å². The summed E-state index contributed by atoms with van der Waals surface area (Å²) >= 11 is 0. The second-order valence-electron chi connectivity index (χ2n) is 4.61. The minimum atomic E-state index is 0.310. The number of nitrogens with zero attached hydrogens (tertiary/aromatic N) is 3. The Labute approximate surface area is 91.1 Å². The van der Waals surface area contributed by atoms with Crippen LogP contribution in [0.5, 0.6) is 0 Å². The van der Waals surface area contributed by atoms with E-state index in [-0.39, 0.29) is 0 Å². The highest BCUT2D eigenvalue weighted by Crippen LogP contribution is 2.18. The Morgan fingerprint density at radius 2 is 2.27 bits per heavy atom. The summed E-state index contributed by atoms with van der Waals surface area (Å²) < 4.78 is 1.97. The van der Waals surface area contributed by atoms with Crippen molar-refractivity contribution in [2.45, 2.75) is 31.8 Å². The van der Waals surface area contributed by atoms with Crippen molar-refractivity contribution in [1.29, 1.82) is 0 Å². The lowest BCUT2D eigenvalue weighted by Crippen LogP contribution is -2.39. The quantitative estimate of drug-likeness (QED) is 0.760. The van der Waals surface area contributed by atoms with Crippen LogP contribution < -0.4 is 5.73 Å². The Balaban J connectivity index is 2.11. The summed E-state index contributed by atoms with van der Waals surface area (Å²) in [6.45, 7) is 3.14. The summed E-state index contributed by atoms with van der Waals surface area (Å²) in [5, 5.41) is 4.36. The molecule has 4 heteroatoms. The molecule has 1 aromatic rings. The van der Waals surface area contributed by atoms with Crippen molar-refractivity contribution < 1.29 is 0 Å². The Kier molecular flexibility index (Phi) is 2.80. The van der Waals surface area contributed by atoms with Gasteiger partial charge in [0.05, 0.1) is 5.69 Å². The Bertz CT molecular complexity index is 334. The van der Waals surface area contributed by atoms with Crippen LogP contribution in [0, 0.1) is 6.92 Å². The van der Waals surface area contributed by atoms with Crippen LogP contribution in [0.4, 0.5) is 0 Å². The van der Waals surface area contributed by atoms with E-state index >= 15 is 0 Å². The summed E-state index contributed by atoms with van der Waals surface area (Å²) in [4.78, 5) is 2.35. The van der Waals surface area contributed by atoms with Crippen molar-refractivity contribution in [2.24, 2.45) is 12.8 Å². The van der Waals surface area contributed by atoms with E-state index in [0.29, 0.717) is 12.1 Å². The maximum atomic E-state index is 6.10. The standard InChI is InChI=1S/C11H20N4/c1-8-6-9(15(3)13-8)7-11-10(12)4-5-14(11)2/h6,10-11H,4-5,7,12H2,1-3H3. The van der Waals surface area contributed by atoms with Gasteiger partial charge < -0.3 is 10.6 Å². The third-order valence-electron chi connectivity index (χ3n) is 3.39. The summed E-state index contributed by atoms with van der Waals surface area (Å²) in [7, 11) is 4.16. The van der Waals surface area contributed by atoms with Gasteiger partial charge >= 0.3 is 0 Å². The number of aryl methyl sites for hydroxylation is 2. The molecule has 1 aliphatic heterocycles. The molecule has 1 aliphatic rings. The van der Waals surface area contributed by atoms with Crippen molar-refractivity contribution in [3.63, 3.8) is 0 Å². The molecule has 2 atom stereocenters. The average Bonchev–Trinajstić information content (AvgIpc) is 2.63. The van der Waals surface area contributed by atoms with Crippen LogP contribution >= 0.6 is 0 Å². The van der Waals surface area contributed by atoms with Crippen LogP contribution in [0.2, 0.25) is 0 Å². The van der Waals surface area contributed by atoms with Gasteiger partial charge in [-0.05, 0) is 33.0 Å². The van der Waals surface area contributed by atoms with Crippen molar-refractivity contribution in [3.8, 4) is 0 Å². The van der Waals surface area contributed by atoms with Gasteiger partial charge in [0.2, 0.25) is 0 Å². The van der Waals surface area contributed by atoms with E-state index in [1.807, 2.05) is 18.7 Å². The number of rotatable bonds is 2. The largest absolute Gasteiger partial charge is 0.326 e. The van der Waals surface area contributed by atoms with Gasteiger partial charge in [-0.2, -0.15) is 5.10 Å². The van der Waals surface area contributed by atoms with Gasteiger partial charge in [-0.15, -0.1) is 0 Å². The predicted molar refractivity (Wildman–Crippen MR) is 60.7 cm³/mol. The molecule has 2 heterocycles. The Hall–Kier alpha value is -0.870. The summed E-state index contributed by atoms with van der Waals surface area (Å²) in [5.41, 5.74) is 8.47. The first-order chi connectivity index (χ1) is 7.08. The van der Waals surface area contributed by atoms with Gasteiger partial charge in [0.15, 0.2) is 0 Å². The fraction of sp³-hybridized carbons (Fsp3) is 0.727. The smallest absolute Gasteiger partial charge is 0.0596 e. The Morgan fingerprint density at radius 3 is 2.73 bits per heavy atom. The molecule has 0 amide bonds. The maximum absolute atomic E-state index is 6.10. The lowest BCUT2D eigenvalue weighted by atomic mass is 10.0. The molecule has 15 heavy (non-hydrogen) atoms. The minimum Gasteiger partial charge on any atom is -0.326 e. The highest BCUT2D eigenvalue weighted by atomic mass is 15.3. The van der Waals surface area contributed by atoms with Crippen molar-refractivity contribution in [3.05, 3.63) is 17.5 Å². The molecule has 2 unspecified atom stereocenters. The second kappa shape index (κ2) is 3.94. The van der Waals surface area contributed by atoms with Crippen LogP contribution in [0.25, 0.3) is 0 Å². The maximum Gasteiger partial charge on any atom is 0.0596 e. The molecule has 0 radical (unpaired) electrons. The molecule has 0 aliphatic carbocycles. The number of likely N-dealkylation sites (tertiary alicyclic amines) is 1. The van der Waals surface area contributed by atoms with Crippen LogP contribution in [0.15, 0.2) is 6.07 Å².